The second kappa shape index (κ2) is 12.4. The number of carbonyl (C=O) groups is 1. The molecule has 0 saturated heterocycles. The maximum atomic E-state index is 13.1. The van der Waals surface area contributed by atoms with Crippen molar-refractivity contribution in [2.75, 3.05) is 12.4 Å². The SMILES string of the molecule is CCCCc1ccc(-n2nc3cc(Cl)c(NC(=O)c4ccc(OCc5ccc(Cl)cc5)c(OC)c4)cc3n2)cc1. The summed E-state index contributed by atoms with van der Waals surface area (Å²) in [4.78, 5) is 14.7. The first-order chi connectivity index (χ1) is 19.4. The summed E-state index contributed by atoms with van der Waals surface area (Å²) in [6.07, 6.45) is 3.37. The van der Waals surface area contributed by atoms with E-state index in [9.17, 15) is 4.79 Å². The number of methoxy groups -OCH3 is 1. The summed E-state index contributed by atoms with van der Waals surface area (Å²) < 4.78 is 11.4. The number of anilines is 1. The van der Waals surface area contributed by atoms with Crippen LogP contribution >= 0.6 is 23.2 Å². The normalized spacial score (nSPS) is 11.0. The fourth-order valence-electron chi connectivity index (χ4n) is 4.19. The quantitative estimate of drug-likeness (QED) is 0.183. The zero-order valence-electron chi connectivity index (χ0n) is 22.2. The number of nitrogens with zero attached hydrogens (tertiary/aromatic N) is 3. The minimum Gasteiger partial charge on any atom is -0.493 e. The molecule has 0 unspecified atom stereocenters. The van der Waals surface area contributed by atoms with Gasteiger partial charge in [0, 0.05) is 10.6 Å². The molecule has 0 fully saturated rings. The number of fused-ring (bicyclic) bond motifs is 1. The van der Waals surface area contributed by atoms with Crippen LogP contribution in [0.25, 0.3) is 16.7 Å². The molecule has 1 N–H and O–H groups in total. The summed E-state index contributed by atoms with van der Waals surface area (Å²) in [7, 11) is 1.53. The van der Waals surface area contributed by atoms with Crippen LogP contribution in [-0.4, -0.2) is 28.0 Å². The maximum absolute atomic E-state index is 13.1. The zero-order chi connectivity index (χ0) is 28.1. The lowest BCUT2D eigenvalue weighted by molar-refractivity contribution is 0.102. The van der Waals surface area contributed by atoms with E-state index in [2.05, 4.69) is 34.6 Å². The van der Waals surface area contributed by atoms with Crippen molar-refractivity contribution >= 4 is 45.8 Å². The first kappa shape index (κ1) is 27.5. The van der Waals surface area contributed by atoms with Crippen LogP contribution in [0, 0.1) is 0 Å². The molecule has 5 rings (SSSR count). The molecule has 5 aromatic rings. The Bertz CT molecular complexity index is 1630. The van der Waals surface area contributed by atoms with Crippen molar-refractivity contribution in [2.24, 2.45) is 0 Å². The summed E-state index contributed by atoms with van der Waals surface area (Å²) >= 11 is 12.5. The number of hydrogen-bond donors (Lipinski definition) is 1. The minimum absolute atomic E-state index is 0.332. The Labute approximate surface area is 242 Å². The molecule has 7 nitrogen and oxygen atoms in total. The fraction of sp³-hybridized carbons (Fsp3) is 0.194. The fourth-order valence-corrected chi connectivity index (χ4v) is 4.52. The lowest BCUT2D eigenvalue weighted by Crippen LogP contribution is -2.12. The Morgan fingerprint density at radius 2 is 1.57 bits per heavy atom. The number of hydrogen-bond acceptors (Lipinski definition) is 5. The van der Waals surface area contributed by atoms with Gasteiger partial charge in [0.15, 0.2) is 11.5 Å². The van der Waals surface area contributed by atoms with Gasteiger partial charge >= 0.3 is 0 Å². The van der Waals surface area contributed by atoms with Gasteiger partial charge in [-0.2, -0.15) is 4.80 Å². The Kier molecular flexibility index (Phi) is 8.53. The van der Waals surface area contributed by atoms with Gasteiger partial charge in [0.2, 0.25) is 0 Å². The van der Waals surface area contributed by atoms with Crippen molar-refractivity contribution < 1.29 is 14.3 Å². The molecule has 0 aliphatic heterocycles. The van der Waals surface area contributed by atoms with Crippen LogP contribution in [0.15, 0.2) is 78.9 Å². The van der Waals surface area contributed by atoms with Crippen LogP contribution in [0.3, 0.4) is 0 Å². The van der Waals surface area contributed by atoms with Gasteiger partial charge in [-0.1, -0.05) is 60.8 Å². The molecule has 1 amide bonds. The van der Waals surface area contributed by atoms with Crippen LogP contribution in [0.4, 0.5) is 5.69 Å². The number of halogens is 2. The zero-order valence-corrected chi connectivity index (χ0v) is 23.7. The number of unbranched alkanes of at least 4 members (excludes halogenated alkanes) is 1. The highest BCUT2D eigenvalue weighted by atomic mass is 35.5. The third kappa shape index (κ3) is 6.38. The van der Waals surface area contributed by atoms with Crippen LogP contribution in [0.1, 0.15) is 41.3 Å². The molecule has 0 aliphatic rings. The molecule has 1 heterocycles. The van der Waals surface area contributed by atoms with Gasteiger partial charge in [-0.25, -0.2) is 0 Å². The molecular weight excluding hydrogens is 547 g/mol. The molecule has 0 spiro atoms. The van der Waals surface area contributed by atoms with Crippen molar-refractivity contribution in [3.8, 4) is 17.2 Å². The number of aromatic nitrogens is 3. The first-order valence-electron chi connectivity index (χ1n) is 13.0. The van der Waals surface area contributed by atoms with E-state index in [-0.39, 0.29) is 5.91 Å². The number of amides is 1. The van der Waals surface area contributed by atoms with Gasteiger partial charge in [-0.3, -0.25) is 4.79 Å². The molecule has 204 valence electrons. The number of nitrogens with one attached hydrogen (secondary N) is 1. The molecule has 40 heavy (non-hydrogen) atoms. The Hall–Kier alpha value is -4.07. The summed E-state index contributed by atoms with van der Waals surface area (Å²) in [5, 5.41) is 13.0. The van der Waals surface area contributed by atoms with Crippen molar-refractivity contribution in [3.63, 3.8) is 0 Å². The Morgan fingerprint density at radius 3 is 2.27 bits per heavy atom. The Balaban J connectivity index is 1.30. The molecule has 0 bridgehead atoms. The van der Waals surface area contributed by atoms with E-state index in [4.69, 9.17) is 32.7 Å². The standard InChI is InChI=1S/C31H28Cl2N4O3/c1-3-4-5-20-8-13-24(14-9-20)37-35-27-17-25(33)26(18-28(27)36-37)34-31(38)22-10-15-29(30(16-22)39-2)40-19-21-6-11-23(32)12-7-21/h6-18H,3-5,19H2,1-2H3,(H,34,38). The third-order valence-electron chi connectivity index (χ3n) is 6.44. The number of ether oxygens (including phenoxy) is 2. The number of benzene rings is 4. The predicted octanol–water partition coefficient (Wildman–Crippen LogP) is 7.91. The molecule has 9 heteroatoms. The lowest BCUT2D eigenvalue weighted by atomic mass is 10.1. The Morgan fingerprint density at radius 1 is 0.875 bits per heavy atom. The molecule has 0 atom stereocenters. The van der Waals surface area contributed by atoms with Crippen molar-refractivity contribution in [1.29, 1.82) is 0 Å². The van der Waals surface area contributed by atoms with Crippen molar-refractivity contribution in [2.45, 2.75) is 32.8 Å². The highest BCUT2D eigenvalue weighted by Crippen LogP contribution is 2.31. The van der Waals surface area contributed by atoms with Crippen LogP contribution in [0.5, 0.6) is 11.5 Å². The maximum Gasteiger partial charge on any atom is 0.255 e. The number of rotatable bonds is 10. The topological polar surface area (TPSA) is 78.3 Å². The molecule has 0 radical (unpaired) electrons. The molecule has 0 saturated carbocycles. The van der Waals surface area contributed by atoms with Gasteiger partial charge in [0.25, 0.3) is 5.91 Å². The van der Waals surface area contributed by atoms with Gasteiger partial charge in [0.05, 0.1) is 23.5 Å². The monoisotopic (exact) mass is 574 g/mol. The van der Waals surface area contributed by atoms with Gasteiger partial charge in [0.1, 0.15) is 17.6 Å². The van der Waals surface area contributed by atoms with E-state index in [0.29, 0.717) is 50.4 Å². The molecule has 0 aliphatic carbocycles. The van der Waals surface area contributed by atoms with Crippen LogP contribution in [-0.2, 0) is 13.0 Å². The largest absolute Gasteiger partial charge is 0.493 e. The van der Waals surface area contributed by atoms with E-state index in [1.54, 1.807) is 47.3 Å². The van der Waals surface area contributed by atoms with E-state index in [0.717, 1.165) is 30.5 Å². The average Bonchev–Trinajstić information content (AvgIpc) is 3.38. The first-order valence-corrected chi connectivity index (χ1v) is 13.7. The average molecular weight is 575 g/mol. The second-order valence-electron chi connectivity index (χ2n) is 9.32. The summed E-state index contributed by atoms with van der Waals surface area (Å²) in [6, 6.07) is 24.0. The lowest BCUT2D eigenvalue weighted by Gasteiger charge is -2.13. The van der Waals surface area contributed by atoms with Crippen molar-refractivity contribution in [3.05, 3.63) is 106 Å². The predicted molar refractivity (Wildman–Crippen MR) is 159 cm³/mol. The van der Waals surface area contributed by atoms with Crippen LogP contribution in [0.2, 0.25) is 10.0 Å². The third-order valence-corrected chi connectivity index (χ3v) is 7.00. The molecular formula is C31H28Cl2N4O3. The van der Waals surface area contributed by atoms with Gasteiger partial charge in [-0.05, 0) is 78.6 Å². The summed E-state index contributed by atoms with van der Waals surface area (Å²) in [5.74, 6) is 0.606. The van der Waals surface area contributed by atoms with E-state index in [1.165, 1.54) is 12.7 Å². The van der Waals surface area contributed by atoms with E-state index < -0.39 is 0 Å². The van der Waals surface area contributed by atoms with Gasteiger partial charge < -0.3 is 14.8 Å². The highest BCUT2D eigenvalue weighted by Gasteiger charge is 2.15. The number of aryl methyl sites for hydroxylation is 1. The van der Waals surface area contributed by atoms with E-state index >= 15 is 0 Å². The second-order valence-corrected chi connectivity index (χ2v) is 10.2. The van der Waals surface area contributed by atoms with Crippen molar-refractivity contribution in [1.82, 2.24) is 15.0 Å². The summed E-state index contributed by atoms with van der Waals surface area (Å²) in [6.45, 7) is 2.51. The molecule has 4 aromatic carbocycles. The van der Waals surface area contributed by atoms with Gasteiger partial charge in [-0.15, -0.1) is 10.2 Å². The number of carbonyl (C=O) groups excluding carboxylic acids is 1. The smallest absolute Gasteiger partial charge is 0.255 e. The van der Waals surface area contributed by atoms with Crippen LogP contribution < -0.4 is 14.8 Å². The molecule has 1 aromatic heterocycles. The highest BCUT2D eigenvalue weighted by molar-refractivity contribution is 6.34. The summed E-state index contributed by atoms with van der Waals surface area (Å²) in [5.41, 5.74) is 5.15. The minimum atomic E-state index is -0.348. The van der Waals surface area contributed by atoms with E-state index in [1.807, 2.05) is 24.3 Å².